The first-order valence-electron chi connectivity index (χ1n) is 10.9. The summed E-state index contributed by atoms with van der Waals surface area (Å²) in [7, 11) is 0. The predicted molar refractivity (Wildman–Crippen MR) is 115 cm³/mol. The van der Waals surface area contributed by atoms with Crippen LogP contribution in [0.1, 0.15) is 63.5 Å². The van der Waals surface area contributed by atoms with Crippen LogP contribution in [-0.4, -0.2) is 39.0 Å². The number of hydrogen-bond donors (Lipinski definition) is 1. The number of benzene rings is 1. The average molecular weight is 412 g/mol. The van der Waals surface area contributed by atoms with Crippen LogP contribution in [0.4, 0.5) is 4.79 Å². The number of aliphatic hydroxyl groups excluding tert-OH is 1. The number of carbonyl (C=O) groups excluding carboxylic acids is 1. The summed E-state index contributed by atoms with van der Waals surface area (Å²) in [5, 5.41) is 15.8. The number of aromatic nitrogens is 2. The number of rotatable bonds is 2. The van der Waals surface area contributed by atoms with Crippen LogP contribution in [0.3, 0.4) is 0 Å². The fourth-order valence-electron chi connectivity index (χ4n) is 5.07. The highest BCUT2D eigenvalue weighted by Gasteiger charge is 2.49. The van der Waals surface area contributed by atoms with Gasteiger partial charge in [0.2, 0.25) is 0 Å². The van der Waals surface area contributed by atoms with E-state index in [9.17, 15) is 9.90 Å². The Bertz CT molecular complexity index is 892. The summed E-state index contributed by atoms with van der Waals surface area (Å²) in [5.41, 5.74) is 2.94. The number of fused-ring (bicyclic) bond motifs is 1. The zero-order chi connectivity index (χ0) is 21.5. The molecule has 1 N–H and O–H groups in total. The van der Waals surface area contributed by atoms with Gasteiger partial charge in [-0.3, -0.25) is 4.68 Å². The van der Waals surface area contributed by atoms with Crippen molar-refractivity contribution in [2.45, 2.75) is 65.2 Å². The summed E-state index contributed by atoms with van der Waals surface area (Å²) < 4.78 is 7.49. The Labute approximate surface area is 178 Å². The molecule has 6 heteroatoms. The van der Waals surface area contributed by atoms with E-state index >= 15 is 0 Å². The van der Waals surface area contributed by atoms with E-state index in [-0.39, 0.29) is 23.0 Å². The van der Waals surface area contributed by atoms with Crippen LogP contribution in [0, 0.1) is 11.3 Å². The van der Waals surface area contributed by atoms with Crippen LogP contribution in [0.25, 0.3) is 0 Å². The molecule has 1 aromatic heterocycles. The molecular formula is C24H33N3O3. The molecule has 0 radical (unpaired) electrons. The van der Waals surface area contributed by atoms with Crippen molar-refractivity contribution in [1.82, 2.24) is 14.7 Å². The second-order valence-electron chi connectivity index (χ2n) is 9.94. The third kappa shape index (κ3) is 3.73. The molecule has 1 aliphatic carbocycles. The van der Waals surface area contributed by atoms with Crippen LogP contribution in [0.15, 0.2) is 36.5 Å². The van der Waals surface area contributed by atoms with E-state index in [2.05, 4.69) is 32.8 Å². The molecule has 1 saturated heterocycles. The Morgan fingerprint density at radius 3 is 2.53 bits per heavy atom. The van der Waals surface area contributed by atoms with Crippen LogP contribution < -0.4 is 0 Å². The van der Waals surface area contributed by atoms with Crippen molar-refractivity contribution >= 4 is 6.09 Å². The number of hydrogen-bond acceptors (Lipinski definition) is 4. The highest BCUT2D eigenvalue weighted by Crippen LogP contribution is 2.52. The highest BCUT2D eigenvalue weighted by molar-refractivity contribution is 5.67. The van der Waals surface area contributed by atoms with E-state index < -0.39 is 6.10 Å². The van der Waals surface area contributed by atoms with Crippen molar-refractivity contribution in [2.75, 3.05) is 13.1 Å². The molecular weight excluding hydrogens is 378 g/mol. The predicted octanol–water partition coefficient (Wildman–Crippen LogP) is 4.28. The van der Waals surface area contributed by atoms with Crippen molar-refractivity contribution in [1.29, 1.82) is 0 Å². The maximum Gasteiger partial charge on any atom is 0.410 e. The van der Waals surface area contributed by atoms with Crippen LogP contribution in [0.5, 0.6) is 0 Å². The van der Waals surface area contributed by atoms with Gasteiger partial charge in [-0.1, -0.05) is 37.3 Å². The van der Waals surface area contributed by atoms with E-state index in [1.165, 1.54) is 0 Å². The van der Waals surface area contributed by atoms with Gasteiger partial charge in [0.1, 0.15) is 6.61 Å². The molecule has 1 aliphatic heterocycles. The van der Waals surface area contributed by atoms with Crippen LogP contribution in [0.2, 0.25) is 0 Å². The number of ether oxygens (including phenoxy) is 1. The summed E-state index contributed by atoms with van der Waals surface area (Å²) in [6.45, 7) is 10.1. The van der Waals surface area contributed by atoms with Crippen LogP contribution in [-0.2, 0) is 23.3 Å². The summed E-state index contributed by atoms with van der Waals surface area (Å²) in [6, 6.07) is 9.75. The van der Waals surface area contributed by atoms with Crippen molar-refractivity contribution in [3.63, 3.8) is 0 Å². The Balaban J connectivity index is 1.42. The highest BCUT2D eigenvalue weighted by atomic mass is 16.6. The van der Waals surface area contributed by atoms with E-state index in [4.69, 9.17) is 4.74 Å². The minimum Gasteiger partial charge on any atom is -0.445 e. The van der Waals surface area contributed by atoms with E-state index in [1.54, 1.807) is 4.90 Å². The van der Waals surface area contributed by atoms with Gasteiger partial charge in [-0.15, -0.1) is 0 Å². The van der Waals surface area contributed by atoms with Crippen LogP contribution >= 0.6 is 0 Å². The summed E-state index contributed by atoms with van der Waals surface area (Å²) in [5.74, 6) is 0.116. The van der Waals surface area contributed by atoms with Gasteiger partial charge >= 0.3 is 6.09 Å². The molecule has 1 spiro atoms. The first-order valence-corrected chi connectivity index (χ1v) is 10.9. The van der Waals surface area contributed by atoms with Crippen molar-refractivity contribution in [3.8, 4) is 0 Å². The maximum atomic E-state index is 12.5. The van der Waals surface area contributed by atoms with Gasteiger partial charge in [-0.2, -0.15) is 5.10 Å². The first-order chi connectivity index (χ1) is 14.2. The van der Waals surface area contributed by atoms with Gasteiger partial charge < -0.3 is 14.7 Å². The third-order valence-electron chi connectivity index (χ3n) is 7.01. The lowest BCUT2D eigenvalue weighted by Crippen LogP contribution is -2.50. The maximum absolute atomic E-state index is 12.5. The summed E-state index contributed by atoms with van der Waals surface area (Å²) >= 11 is 0. The Morgan fingerprint density at radius 1 is 1.23 bits per heavy atom. The Hall–Kier alpha value is -2.34. The molecule has 2 atom stereocenters. The molecule has 2 heterocycles. The molecule has 0 saturated carbocycles. The largest absolute Gasteiger partial charge is 0.445 e. The number of nitrogens with zero attached hydrogens (tertiary/aromatic N) is 3. The second-order valence-corrected chi connectivity index (χ2v) is 9.94. The number of likely N-dealkylation sites (tertiary alicyclic amines) is 1. The first kappa shape index (κ1) is 20.9. The minimum atomic E-state index is -0.535. The lowest BCUT2D eigenvalue weighted by Gasteiger charge is -2.49. The van der Waals surface area contributed by atoms with Crippen molar-refractivity contribution in [2.24, 2.45) is 11.3 Å². The fourth-order valence-corrected chi connectivity index (χ4v) is 5.07. The number of aliphatic hydroxyl groups is 1. The molecule has 1 aromatic carbocycles. The minimum absolute atomic E-state index is 0.00558. The van der Waals surface area contributed by atoms with Crippen molar-refractivity contribution < 1.29 is 14.6 Å². The number of carbonyl (C=O) groups is 1. The molecule has 2 aliphatic rings. The fraction of sp³-hybridized carbons (Fsp3) is 0.583. The van der Waals surface area contributed by atoms with Gasteiger partial charge in [-0.25, -0.2) is 4.79 Å². The molecule has 1 amide bonds. The molecule has 0 bridgehead atoms. The Morgan fingerprint density at radius 2 is 1.90 bits per heavy atom. The molecule has 4 rings (SSSR count). The molecule has 2 aromatic rings. The topological polar surface area (TPSA) is 67.6 Å². The summed E-state index contributed by atoms with van der Waals surface area (Å²) in [4.78, 5) is 14.3. The smallest absolute Gasteiger partial charge is 0.410 e. The Kier molecular flexibility index (Phi) is 5.39. The molecule has 6 nitrogen and oxygen atoms in total. The normalized spacial score (nSPS) is 23.3. The van der Waals surface area contributed by atoms with E-state index in [1.807, 2.05) is 41.2 Å². The molecule has 30 heavy (non-hydrogen) atoms. The molecule has 2 unspecified atom stereocenters. The second kappa shape index (κ2) is 7.73. The number of piperidine rings is 1. The van der Waals surface area contributed by atoms with Gasteiger partial charge in [0.25, 0.3) is 0 Å². The zero-order valence-electron chi connectivity index (χ0n) is 18.5. The van der Waals surface area contributed by atoms with E-state index in [0.717, 1.165) is 36.1 Å². The van der Waals surface area contributed by atoms with E-state index in [0.29, 0.717) is 19.7 Å². The standard InChI is InChI=1S/C24H33N3O3/c1-17-21(28)20-19(15-25-27(20)23(2,3)4)14-24(17)10-12-26(13-11-24)22(29)30-16-18-8-6-5-7-9-18/h5-9,15,17,21,28H,10-14,16H2,1-4H3. The number of amides is 1. The monoisotopic (exact) mass is 411 g/mol. The van der Waals surface area contributed by atoms with Gasteiger partial charge in [0.15, 0.2) is 0 Å². The summed E-state index contributed by atoms with van der Waals surface area (Å²) in [6.07, 6.45) is 3.78. The average Bonchev–Trinajstić information content (AvgIpc) is 3.16. The lowest BCUT2D eigenvalue weighted by atomic mass is 9.60. The molecule has 1 fully saturated rings. The van der Waals surface area contributed by atoms with Gasteiger partial charge in [0, 0.05) is 13.1 Å². The van der Waals surface area contributed by atoms with Gasteiger partial charge in [0.05, 0.1) is 23.5 Å². The van der Waals surface area contributed by atoms with Crippen molar-refractivity contribution in [3.05, 3.63) is 53.3 Å². The quantitative estimate of drug-likeness (QED) is 0.801. The molecule has 162 valence electrons. The third-order valence-corrected chi connectivity index (χ3v) is 7.01. The SMILES string of the molecule is CC1C(O)c2c(cnn2C(C)(C)C)CC12CCN(C(=O)OCc1ccccc1)CC2. The van der Waals surface area contributed by atoms with Gasteiger partial charge in [-0.05, 0) is 62.5 Å². The lowest BCUT2D eigenvalue weighted by molar-refractivity contribution is -0.0338. The zero-order valence-corrected chi connectivity index (χ0v) is 18.5.